The number of carbonyl (C=O) groups is 1. The van der Waals surface area contributed by atoms with E-state index in [0.717, 1.165) is 5.56 Å². The number of halogens is 1. The van der Waals surface area contributed by atoms with Crippen molar-refractivity contribution in [3.8, 4) is 11.4 Å². The molecule has 2 heterocycles. The second-order valence-corrected chi connectivity index (χ2v) is 6.23. The van der Waals surface area contributed by atoms with Crippen molar-refractivity contribution in [2.24, 2.45) is 0 Å². The normalized spacial score (nSPS) is 10.8. The molecular formula is C15H14ClN5O3S. The highest BCUT2D eigenvalue weighted by Crippen LogP contribution is 2.24. The quantitative estimate of drug-likeness (QED) is 0.476. The summed E-state index contributed by atoms with van der Waals surface area (Å²) in [7, 11) is 1.31. The van der Waals surface area contributed by atoms with Crippen LogP contribution in [0.5, 0.6) is 0 Å². The van der Waals surface area contributed by atoms with E-state index >= 15 is 0 Å². The summed E-state index contributed by atoms with van der Waals surface area (Å²) in [6, 6.07) is 7.21. The molecule has 8 nitrogen and oxygen atoms in total. The topological polar surface area (TPSA) is 95.9 Å². The molecular weight excluding hydrogens is 366 g/mol. The van der Waals surface area contributed by atoms with Gasteiger partial charge in [0.25, 0.3) is 0 Å². The first-order valence-corrected chi connectivity index (χ1v) is 8.71. The molecule has 0 atom stereocenters. The molecule has 130 valence electrons. The molecule has 0 saturated carbocycles. The minimum absolute atomic E-state index is 0.164. The van der Waals surface area contributed by atoms with Crippen LogP contribution in [0.4, 0.5) is 0 Å². The highest BCUT2D eigenvalue weighted by Gasteiger charge is 2.19. The van der Waals surface area contributed by atoms with E-state index in [9.17, 15) is 4.79 Å². The minimum Gasteiger partial charge on any atom is -0.463 e. The maximum absolute atomic E-state index is 11.7. The first-order chi connectivity index (χ1) is 12.1. The van der Waals surface area contributed by atoms with Crippen LogP contribution >= 0.6 is 23.4 Å². The summed E-state index contributed by atoms with van der Waals surface area (Å²) in [5.41, 5.74) is 0.775. The Bertz CT molecular complexity index is 895. The second kappa shape index (κ2) is 7.66. The molecule has 3 aromatic rings. The molecule has 0 amide bonds. The molecule has 0 spiro atoms. The molecule has 3 rings (SSSR count). The fourth-order valence-corrected chi connectivity index (χ4v) is 3.14. The molecule has 1 aromatic carbocycles. The van der Waals surface area contributed by atoms with Crippen LogP contribution in [0.2, 0.25) is 5.02 Å². The monoisotopic (exact) mass is 379 g/mol. The van der Waals surface area contributed by atoms with Gasteiger partial charge in [0.1, 0.15) is 0 Å². The van der Waals surface area contributed by atoms with Gasteiger partial charge in [-0.1, -0.05) is 40.7 Å². The third kappa shape index (κ3) is 3.83. The minimum atomic E-state index is -0.526. The zero-order chi connectivity index (χ0) is 17.8. The van der Waals surface area contributed by atoms with Crippen molar-refractivity contribution in [3.05, 3.63) is 41.0 Å². The lowest BCUT2D eigenvalue weighted by Gasteiger charge is -2.04. The van der Waals surface area contributed by atoms with Gasteiger partial charge in [-0.05, 0) is 19.1 Å². The lowest BCUT2D eigenvalue weighted by Crippen LogP contribution is -2.11. The van der Waals surface area contributed by atoms with Gasteiger partial charge in [-0.25, -0.2) is 4.79 Å². The number of aromatic nitrogens is 5. The molecule has 0 radical (unpaired) electrons. The smallest absolute Gasteiger partial charge is 0.376 e. The predicted octanol–water partition coefficient (Wildman–Crippen LogP) is 3.08. The van der Waals surface area contributed by atoms with Gasteiger partial charge in [-0.15, -0.1) is 10.2 Å². The maximum Gasteiger partial charge on any atom is 0.376 e. The van der Waals surface area contributed by atoms with Crippen LogP contribution in [-0.2, 0) is 17.0 Å². The lowest BCUT2D eigenvalue weighted by atomic mass is 10.2. The molecule has 0 fully saturated rings. The molecule has 0 bridgehead atoms. The van der Waals surface area contributed by atoms with Gasteiger partial charge in [0.2, 0.25) is 17.5 Å². The van der Waals surface area contributed by atoms with Crippen molar-refractivity contribution in [1.29, 1.82) is 0 Å². The molecule has 0 unspecified atom stereocenters. The van der Waals surface area contributed by atoms with Gasteiger partial charge < -0.3 is 9.26 Å². The van der Waals surface area contributed by atoms with Gasteiger partial charge in [0.15, 0.2) is 5.16 Å². The van der Waals surface area contributed by atoms with E-state index in [-0.39, 0.29) is 5.82 Å². The number of ether oxygens (including phenoxy) is 1. The number of carbonyl (C=O) groups excluding carboxylic acids is 1. The zero-order valence-electron chi connectivity index (χ0n) is 13.5. The summed E-state index contributed by atoms with van der Waals surface area (Å²) in [6.07, 6.45) is 0. The molecule has 0 aliphatic rings. The van der Waals surface area contributed by atoms with Crippen molar-refractivity contribution in [1.82, 2.24) is 24.9 Å². The Morgan fingerprint density at radius 1 is 1.40 bits per heavy atom. The fraction of sp³-hybridized carbons (Fsp3) is 0.267. The number of methoxy groups -OCH3 is 1. The van der Waals surface area contributed by atoms with Crippen LogP contribution < -0.4 is 0 Å². The first kappa shape index (κ1) is 17.4. The standard InChI is InChI=1S/C15H14ClN5O3S/c1-3-21-13(14(22)23-2)18-19-15(21)25-8-11-17-12(20-24-11)9-5-4-6-10(16)7-9/h4-7H,3,8H2,1-2H3. The van der Waals surface area contributed by atoms with Crippen LogP contribution in [0.25, 0.3) is 11.4 Å². The Hall–Kier alpha value is -2.39. The number of nitrogens with zero attached hydrogens (tertiary/aromatic N) is 5. The molecule has 0 aliphatic carbocycles. The van der Waals surface area contributed by atoms with E-state index in [0.29, 0.717) is 34.2 Å². The summed E-state index contributed by atoms with van der Waals surface area (Å²) in [6.45, 7) is 2.43. The van der Waals surface area contributed by atoms with Gasteiger partial charge >= 0.3 is 5.97 Å². The Morgan fingerprint density at radius 3 is 2.96 bits per heavy atom. The van der Waals surface area contributed by atoms with Gasteiger partial charge in [0.05, 0.1) is 12.9 Å². The SMILES string of the molecule is CCn1c(SCc2nc(-c3cccc(Cl)c3)no2)nnc1C(=O)OC. The average Bonchev–Trinajstić information content (AvgIpc) is 3.25. The molecule has 2 aromatic heterocycles. The Morgan fingerprint density at radius 2 is 2.24 bits per heavy atom. The summed E-state index contributed by atoms with van der Waals surface area (Å²) >= 11 is 7.31. The third-order valence-electron chi connectivity index (χ3n) is 3.28. The number of esters is 1. The Balaban J connectivity index is 1.73. The largest absolute Gasteiger partial charge is 0.463 e. The highest BCUT2D eigenvalue weighted by molar-refractivity contribution is 7.98. The molecule has 0 aliphatic heterocycles. The van der Waals surface area contributed by atoms with Gasteiger partial charge in [-0.2, -0.15) is 4.98 Å². The molecule has 10 heteroatoms. The summed E-state index contributed by atoms with van der Waals surface area (Å²) < 4.78 is 11.6. The van der Waals surface area contributed by atoms with Crippen LogP contribution in [-0.4, -0.2) is 38.0 Å². The third-order valence-corrected chi connectivity index (χ3v) is 4.46. The summed E-state index contributed by atoms with van der Waals surface area (Å²) in [5, 5.41) is 13.0. The van der Waals surface area contributed by atoms with E-state index in [1.807, 2.05) is 19.1 Å². The highest BCUT2D eigenvalue weighted by atomic mass is 35.5. The van der Waals surface area contributed by atoms with Gasteiger partial charge in [0, 0.05) is 17.1 Å². The first-order valence-electron chi connectivity index (χ1n) is 7.35. The van der Waals surface area contributed by atoms with Crippen LogP contribution in [0.15, 0.2) is 33.9 Å². The maximum atomic E-state index is 11.7. The molecule has 25 heavy (non-hydrogen) atoms. The van der Waals surface area contributed by atoms with Crippen LogP contribution in [0.3, 0.4) is 0 Å². The molecule has 0 saturated heterocycles. The summed E-state index contributed by atoms with van der Waals surface area (Å²) in [5.74, 6) is 0.933. The van der Waals surface area contributed by atoms with Crippen molar-refractivity contribution >= 4 is 29.3 Å². The van der Waals surface area contributed by atoms with Crippen molar-refractivity contribution in [2.75, 3.05) is 7.11 Å². The zero-order valence-corrected chi connectivity index (χ0v) is 15.0. The number of thioether (sulfide) groups is 1. The second-order valence-electron chi connectivity index (χ2n) is 4.85. The van der Waals surface area contributed by atoms with E-state index in [4.69, 9.17) is 20.9 Å². The van der Waals surface area contributed by atoms with Crippen LogP contribution in [0.1, 0.15) is 23.4 Å². The number of hydrogen-bond donors (Lipinski definition) is 0. The fourth-order valence-electron chi connectivity index (χ4n) is 2.11. The number of benzene rings is 1. The molecule has 0 N–H and O–H groups in total. The predicted molar refractivity (Wildman–Crippen MR) is 91.3 cm³/mol. The summed E-state index contributed by atoms with van der Waals surface area (Å²) in [4.78, 5) is 16.0. The van der Waals surface area contributed by atoms with Gasteiger partial charge in [-0.3, -0.25) is 4.57 Å². The average molecular weight is 380 g/mol. The van der Waals surface area contributed by atoms with E-state index in [2.05, 4.69) is 20.3 Å². The number of hydrogen-bond acceptors (Lipinski definition) is 8. The van der Waals surface area contributed by atoms with Crippen molar-refractivity contribution < 1.29 is 14.1 Å². The van der Waals surface area contributed by atoms with Crippen LogP contribution in [0, 0.1) is 0 Å². The van der Waals surface area contributed by atoms with E-state index in [1.165, 1.54) is 18.9 Å². The Kier molecular flexibility index (Phi) is 5.34. The van der Waals surface area contributed by atoms with Crippen molar-refractivity contribution in [3.63, 3.8) is 0 Å². The van der Waals surface area contributed by atoms with Crippen molar-refractivity contribution in [2.45, 2.75) is 24.4 Å². The lowest BCUT2D eigenvalue weighted by molar-refractivity contribution is 0.0580. The number of rotatable bonds is 6. The Labute approximate surface area is 152 Å². The van der Waals surface area contributed by atoms with E-state index < -0.39 is 5.97 Å². The van der Waals surface area contributed by atoms with E-state index in [1.54, 1.807) is 16.7 Å².